The van der Waals surface area contributed by atoms with Crippen LogP contribution in [0.25, 0.3) is 0 Å². The van der Waals surface area contributed by atoms with Crippen molar-refractivity contribution in [1.82, 2.24) is 15.1 Å². The van der Waals surface area contributed by atoms with Gasteiger partial charge in [-0.05, 0) is 51.9 Å². The van der Waals surface area contributed by atoms with Gasteiger partial charge in [-0.1, -0.05) is 18.6 Å². The van der Waals surface area contributed by atoms with Crippen LogP contribution in [0, 0.1) is 5.82 Å². The van der Waals surface area contributed by atoms with Crippen LogP contribution in [-0.2, 0) is 0 Å². The van der Waals surface area contributed by atoms with Gasteiger partial charge in [-0.25, -0.2) is 9.18 Å². The lowest BCUT2D eigenvalue weighted by Crippen LogP contribution is -2.57. The van der Waals surface area contributed by atoms with E-state index in [0.717, 1.165) is 13.1 Å². The topological polar surface area (TPSA) is 38.8 Å². The molecular formula is C20H31FN4O. The summed E-state index contributed by atoms with van der Waals surface area (Å²) >= 11 is 0. The van der Waals surface area contributed by atoms with Gasteiger partial charge in [0.15, 0.2) is 0 Å². The van der Waals surface area contributed by atoms with E-state index in [1.54, 1.807) is 12.1 Å². The molecule has 0 aromatic heterocycles. The van der Waals surface area contributed by atoms with Crippen molar-refractivity contribution >= 4 is 11.7 Å². The number of amides is 2. The number of benzene rings is 1. The summed E-state index contributed by atoms with van der Waals surface area (Å²) in [7, 11) is 0. The first-order valence-corrected chi connectivity index (χ1v) is 9.75. The Labute approximate surface area is 156 Å². The van der Waals surface area contributed by atoms with E-state index in [1.165, 1.54) is 25.3 Å². The van der Waals surface area contributed by atoms with Crippen molar-refractivity contribution in [3.63, 3.8) is 0 Å². The molecule has 0 unspecified atom stereocenters. The molecule has 144 valence electrons. The maximum atomic E-state index is 13.9. The monoisotopic (exact) mass is 362 g/mol. The Kier molecular flexibility index (Phi) is 6.01. The second-order valence-electron chi connectivity index (χ2n) is 7.94. The van der Waals surface area contributed by atoms with Crippen molar-refractivity contribution in [1.29, 1.82) is 0 Å². The van der Waals surface area contributed by atoms with Crippen molar-refractivity contribution in [3.05, 3.63) is 30.1 Å². The third kappa shape index (κ3) is 4.47. The van der Waals surface area contributed by atoms with Crippen LogP contribution in [0.1, 0.15) is 33.1 Å². The third-order valence-electron chi connectivity index (χ3n) is 5.64. The standard InChI is InChI=1S/C20H31FN4O/c1-20(2,25-10-6-3-7-11-25)16-22-19(26)24-14-12-23(13-15-24)18-9-5-4-8-17(18)21/h4-5,8-9H,3,6-7,10-16H2,1-2H3,(H,22,26). The number of anilines is 1. The molecule has 0 atom stereocenters. The van der Waals surface area contributed by atoms with E-state index in [9.17, 15) is 9.18 Å². The highest BCUT2D eigenvalue weighted by Gasteiger charge is 2.29. The van der Waals surface area contributed by atoms with Gasteiger partial charge in [0.25, 0.3) is 0 Å². The number of halogens is 1. The smallest absolute Gasteiger partial charge is 0.317 e. The largest absolute Gasteiger partial charge is 0.366 e. The number of rotatable bonds is 4. The number of carbonyl (C=O) groups excluding carboxylic acids is 1. The molecule has 2 saturated heterocycles. The number of hydrogen-bond acceptors (Lipinski definition) is 3. The number of urea groups is 1. The average molecular weight is 362 g/mol. The van der Waals surface area contributed by atoms with Gasteiger partial charge in [-0.3, -0.25) is 4.90 Å². The molecule has 2 heterocycles. The van der Waals surface area contributed by atoms with Gasteiger partial charge in [-0.15, -0.1) is 0 Å². The number of piperazine rings is 1. The van der Waals surface area contributed by atoms with Gasteiger partial charge in [0.1, 0.15) is 5.82 Å². The molecule has 0 spiro atoms. The van der Waals surface area contributed by atoms with Crippen LogP contribution in [0.5, 0.6) is 0 Å². The Hall–Kier alpha value is -1.82. The lowest BCUT2D eigenvalue weighted by atomic mass is 9.98. The summed E-state index contributed by atoms with van der Waals surface area (Å²) in [5.41, 5.74) is 0.601. The van der Waals surface area contributed by atoms with Crippen LogP contribution in [0.15, 0.2) is 24.3 Å². The number of likely N-dealkylation sites (tertiary alicyclic amines) is 1. The number of nitrogens with zero attached hydrogens (tertiary/aromatic N) is 3. The zero-order chi connectivity index (χ0) is 18.6. The second-order valence-corrected chi connectivity index (χ2v) is 7.94. The zero-order valence-corrected chi connectivity index (χ0v) is 16.0. The fourth-order valence-electron chi connectivity index (χ4n) is 3.87. The Morgan fingerprint density at radius 3 is 2.35 bits per heavy atom. The van der Waals surface area contributed by atoms with E-state index in [2.05, 4.69) is 24.1 Å². The van der Waals surface area contributed by atoms with Crippen molar-refractivity contribution < 1.29 is 9.18 Å². The molecule has 3 rings (SSSR count). The highest BCUT2D eigenvalue weighted by molar-refractivity contribution is 5.74. The molecule has 1 aromatic carbocycles. The highest BCUT2D eigenvalue weighted by atomic mass is 19.1. The summed E-state index contributed by atoms with van der Waals surface area (Å²) < 4.78 is 13.9. The van der Waals surface area contributed by atoms with Crippen LogP contribution in [-0.4, -0.2) is 67.2 Å². The van der Waals surface area contributed by atoms with Crippen molar-refractivity contribution in [2.75, 3.05) is 50.7 Å². The number of para-hydroxylation sites is 1. The predicted octanol–water partition coefficient (Wildman–Crippen LogP) is 2.92. The Morgan fingerprint density at radius 1 is 1.04 bits per heavy atom. The number of carbonyl (C=O) groups is 1. The van der Waals surface area contributed by atoms with Gasteiger partial charge in [0.05, 0.1) is 5.69 Å². The molecular weight excluding hydrogens is 331 g/mol. The maximum absolute atomic E-state index is 13.9. The lowest BCUT2D eigenvalue weighted by Gasteiger charge is -2.42. The summed E-state index contributed by atoms with van der Waals surface area (Å²) in [5.74, 6) is -0.200. The molecule has 1 N–H and O–H groups in total. The number of piperidine rings is 1. The molecule has 0 bridgehead atoms. The summed E-state index contributed by atoms with van der Waals surface area (Å²) in [4.78, 5) is 18.9. The summed E-state index contributed by atoms with van der Waals surface area (Å²) in [6.07, 6.45) is 3.80. The Balaban J connectivity index is 1.47. The summed E-state index contributed by atoms with van der Waals surface area (Å²) in [6.45, 7) is 9.83. The summed E-state index contributed by atoms with van der Waals surface area (Å²) in [5, 5.41) is 3.11. The molecule has 0 saturated carbocycles. The van der Waals surface area contributed by atoms with E-state index < -0.39 is 0 Å². The molecule has 0 aliphatic carbocycles. The fraction of sp³-hybridized carbons (Fsp3) is 0.650. The second kappa shape index (κ2) is 8.25. The lowest BCUT2D eigenvalue weighted by molar-refractivity contribution is 0.0937. The van der Waals surface area contributed by atoms with Gasteiger partial charge < -0.3 is 15.1 Å². The van der Waals surface area contributed by atoms with E-state index in [1.807, 2.05) is 15.9 Å². The van der Waals surface area contributed by atoms with Crippen LogP contribution >= 0.6 is 0 Å². The Bertz CT molecular complexity index is 608. The van der Waals surface area contributed by atoms with Crippen LogP contribution in [0.4, 0.5) is 14.9 Å². The first-order chi connectivity index (χ1) is 12.5. The number of nitrogens with one attached hydrogen (secondary N) is 1. The van der Waals surface area contributed by atoms with E-state index in [0.29, 0.717) is 38.4 Å². The first-order valence-electron chi connectivity index (χ1n) is 9.75. The molecule has 0 radical (unpaired) electrons. The van der Waals surface area contributed by atoms with E-state index in [4.69, 9.17) is 0 Å². The molecule has 5 nitrogen and oxygen atoms in total. The minimum absolute atomic E-state index is 0.0109. The van der Waals surface area contributed by atoms with E-state index in [-0.39, 0.29) is 17.4 Å². The highest BCUT2D eigenvalue weighted by Crippen LogP contribution is 2.21. The molecule has 2 aliphatic heterocycles. The quantitative estimate of drug-likeness (QED) is 0.895. The molecule has 2 fully saturated rings. The molecule has 1 aromatic rings. The predicted molar refractivity (Wildman–Crippen MR) is 103 cm³/mol. The normalized spacial score (nSPS) is 19.5. The molecule has 26 heavy (non-hydrogen) atoms. The zero-order valence-electron chi connectivity index (χ0n) is 16.0. The van der Waals surface area contributed by atoms with Crippen LogP contribution in [0.3, 0.4) is 0 Å². The van der Waals surface area contributed by atoms with Gasteiger partial charge >= 0.3 is 6.03 Å². The molecule has 6 heteroatoms. The Morgan fingerprint density at radius 2 is 1.69 bits per heavy atom. The fourth-order valence-corrected chi connectivity index (χ4v) is 3.87. The average Bonchev–Trinajstić information content (AvgIpc) is 2.67. The third-order valence-corrected chi connectivity index (χ3v) is 5.64. The van der Waals surface area contributed by atoms with Crippen molar-refractivity contribution in [2.24, 2.45) is 0 Å². The van der Waals surface area contributed by atoms with E-state index >= 15 is 0 Å². The maximum Gasteiger partial charge on any atom is 0.317 e. The minimum atomic E-state index is -0.200. The van der Waals surface area contributed by atoms with Gasteiger partial charge in [0.2, 0.25) is 0 Å². The van der Waals surface area contributed by atoms with Crippen LogP contribution < -0.4 is 10.2 Å². The van der Waals surface area contributed by atoms with Crippen molar-refractivity contribution in [2.45, 2.75) is 38.6 Å². The van der Waals surface area contributed by atoms with Crippen LogP contribution in [0.2, 0.25) is 0 Å². The van der Waals surface area contributed by atoms with Crippen molar-refractivity contribution in [3.8, 4) is 0 Å². The number of hydrogen-bond donors (Lipinski definition) is 1. The summed E-state index contributed by atoms with van der Waals surface area (Å²) in [6, 6.07) is 6.82. The minimum Gasteiger partial charge on any atom is -0.366 e. The molecule has 2 amide bonds. The van der Waals surface area contributed by atoms with Gasteiger partial charge in [-0.2, -0.15) is 0 Å². The van der Waals surface area contributed by atoms with Gasteiger partial charge in [0, 0.05) is 38.3 Å². The first kappa shape index (κ1) is 19.0. The SMILES string of the molecule is CC(C)(CNC(=O)N1CCN(c2ccccc2F)CC1)N1CCCCC1. The molecule has 2 aliphatic rings.